The SMILES string of the molecule is c1ccc(-c2nc3ccccc3nc2-c2ccc(-c3nc4c5ccccc5oc4c4c5ccccc5n(-c5ccccc5)c34)cc2)cc1. The molecule has 0 unspecified atom stereocenters. The minimum atomic E-state index is 0.802. The van der Waals surface area contributed by atoms with E-state index in [0.29, 0.717) is 0 Å². The Labute approximate surface area is 275 Å². The van der Waals surface area contributed by atoms with Crippen molar-refractivity contribution in [1.82, 2.24) is 19.5 Å². The lowest BCUT2D eigenvalue weighted by atomic mass is 10.0. The van der Waals surface area contributed by atoms with E-state index in [9.17, 15) is 0 Å². The van der Waals surface area contributed by atoms with E-state index in [0.717, 1.165) is 94.4 Å². The predicted molar refractivity (Wildman–Crippen MR) is 195 cm³/mol. The molecular weight excluding hydrogens is 589 g/mol. The number of rotatable bonds is 4. The molecule has 0 bridgehead atoms. The van der Waals surface area contributed by atoms with E-state index in [1.807, 2.05) is 66.7 Å². The standard InChI is InChI=1S/C43H26N4O/c1-3-13-27(14-4-1)38-39(45-34-20-10-9-19-33(34)44-38)28-23-25-29(26-24-28)40-42-37(43-41(46-40)32-18-8-12-22-36(32)48-43)31-17-7-11-21-35(31)47(42)30-15-5-2-6-16-30/h1-26H. The summed E-state index contributed by atoms with van der Waals surface area (Å²) in [7, 11) is 0. The molecule has 0 fully saturated rings. The number of pyridine rings is 1. The molecule has 4 heterocycles. The van der Waals surface area contributed by atoms with Crippen LogP contribution in [0.5, 0.6) is 0 Å². The Morgan fingerprint density at radius 3 is 1.69 bits per heavy atom. The molecular formula is C43H26N4O. The van der Waals surface area contributed by atoms with Crippen molar-refractivity contribution in [3.8, 4) is 39.5 Å². The number of aromatic nitrogens is 4. The van der Waals surface area contributed by atoms with E-state index in [2.05, 4.69) is 95.6 Å². The van der Waals surface area contributed by atoms with Crippen molar-refractivity contribution in [2.75, 3.05) is 0 Å². The molecule has 6 aromatic carbocycles. The number of hydrogen-bond acceptors (Lipinski definition) is 4. The molecule has 48 heavy (non-hydrogen) atoms. The Balaban J connectivity index is 1.26. The smallest absolute Gasteiger partial charge is 0.163 e. The summed E-state index contributed by atoms with van der Waals surface area (Å²) in [6.45, 7) is 0. The lowest BCUT2D eigenvalue weighted by Crippen LogP contribution is -1.97. The molecule has 0 saturated carbocycles. The number of furan rings is 1. The molecule has 0 saturated heterocycles. The van der Waals surface area contributed by atoms with Crippen LogP contribution in [0, 0.1) is 0 Å². The number of nitrogens with zero attached hydrogens (tertiary/aromatic N) is 4. The highest BCUT2D eigenvalue weighted by atomic mass is 16.3. The molecule has 0 aliphatic carbocycles. The van der Waals surface area contributed by atoms with Crippen LogP contribution in [0.3, 0.4) is 0 Å². The van der Waals surface area contributed by atoms with Crippen LogP contribution in [0.25, 0.3) is 94.4 Å². The second kappa shape index (κ2) is 10.5. The van der Waals surface area contributed by atoms with Gasteiger partial charge in [0.05, 0.1) is 44.5 Å². The lowest BCUT2D eigenvalue weighted by molar-refractivity contribution is 0.672. The molecule has 0 amide bonds. The highest BCUT2D eigenvalue weighted by molar-refractivity contribution is 6.25. The van der Waals surface area contributed by atoms with Gasteiger partial charge in [0.2, 0.25) is 0 Å². The third-order valence-corrected chi connectivity index (χ3v) is 9.18. The van der Waals surface area contributed by atoms with Gasteiger partial charge in [-0.15, -0.1) is 0 Å². The number of fused-ring (bicyclic) bond motifs is 8. The van der Waals surface area contributed by atoms with Gasteiger partial charge in [-0.2, -0.15) is 0 Å². The zero-order valence-corrected chi connectivity index (χ0v) is 25.7. The minimum absolute atomic E-state index is 0.802. The summed E-state index contributed by atoms with van der Waals surface area (Å²) in [6, 6.07) is 54.1. The number of hydrogen-bond donors (Lipinski definition) is 0. The summed E-state index contributed by atoms with van der Waals surface area (Å²) in [5.41, 5.74) is 13.0. The minimum Gasteiger partial charge on any atom is -0.454 e. The first-order chi connectivity index (χ1) is 23.8. The maximum atomic E-state index is 6.59. The van der Waals surface area contributed by atoms with Crippen molar-refractivity contribution in [3.63, 3.8) is 0 Å². The maximum absolute atomic E-state index is 6.59. The first-order valence-electron chi connectivity index (χ1n) is 16.0. The molecule has 10 rings (SSSR count). The third kappa shape index (κ3) is 4.01. The fourth-order valence-electron chi connectivity index (χ4n) is 7.00. The Bertz CT molecular complexity index is 2820. The fourth-order valence-corrected chi connectivity index (χ4v) is 7.00. The van der Waals surface area contributed by atoms with Gasteiger partial charge in [-0.3, -0.25) is 0 Å². The van der Waals surface area contributed by atoms with Gasteiger partial charge in [-0.05, 0) is 42.5 Å². The normalized spacial score (nSPS) is 11.8. The largest absolute Gasteiger partial charge is 0.454 e. The molecule has 0 radical (unpaired) electrons. The number of para-hydroxylation sites is 5. The van der Waals surface area contributed by atoms with Crippen LogP contribution in [0.1, 0.15) is 0 Å². The van der Waals surface area contributed by atoms with Gasteiger partial charge < -0.3 is 8.98 Å². The van der Waals surface area contributed by atoms with Crippen LogP contribution in [0.15, 0.2) is 162 Å². The highest BCUT2D eigenvalue weighted by Gasteiger charge is 2.24. The van der Waals surface area contributed by atoms with E-state index < -0.39 is 0 Å². The van der Waals surface area contributed by atoms with E-state index in [1.165, 1.54) is 0 Å². The Morgan fingerprint density at radius 1 is 0.438 bits per heavy atom. The van der Waals surface area contributed by atoms with Gasteiger partial charge in [0.1, 0.15) is 11.1 Å². The molecule has 0 N–H and O–H groups in total. The first kappa shape index (κ1) is 26.6. The average molecular weight is 615 g/mol. The molecule has 0 atom stereocenters. The average Bonchev–Trinajstić information content (AvgIpc) is 3.71. The topological polar surface area (TPSA) is 56.7 Å². The molecule has 0 aliphatic rings. The number of benzene rings is 6. The molecule has 0 spiro atoms. The molecule has 224 valence electrons. The third-order valence-electron chi connectivity index (χ3n) is 9.18. The Morgan fingerprint density at radius 2 is 0.979 bits per heavy atom. The monoisotopic (exact) mass is 614 g/mol. The zero-order chi connectivity index (χ0) is 31.6. The molecule has 5 heteroatoms. The molecule has 4 aromatic heterocycles. The Kier molecular flexibility index (Phi) is 5.81. The predicted octanol–water partition coefficient (Wildman–Crippen LogP) is 11.0. The molecule has 5 nitrogen and oxygen atoms in total. The lowest BCUT2D eigenvalue weighted by Gasteiger charge is -2.13. The van der Waals surface area contributed by atoms with Gasteiger partial charge in [-0.1, -0.05) is 115 Å². The van der Waals surface area contributed by atoms with Crippen LogP contribution in [0.2, 0.25) is 0 Å². The van der Waals surface area contributed by atoms with E-state index in [1.54, 1.807) is 0 Å². The maximum Gasteiger partial charge on any atom is 0.163 e. The quantitative estimate of drug-likeness (QED) is 0.198. The van der Waals surface area contributed by atoms with Crippen LogP contribution in [-0.4, -0.2) is 19.5 Å². The second-order valence-corrected chi connectivity index (χ2v) is 12.0. The fraction of sp³-hybridized carbons (Fsp3) is 0. The summed E-state index contributed by atoms with van der Waals surface area (Å²) >= 11 is 0. The van der Waals surface area contributed by atoms with Crippen molar-refractivity contribution < 1.29 is 4.42 Å². The zero-order valence-electron chi connectivity index (χ0n) is 25.7. The van der Waals surface area contributed by atoms with Crippen molar-refractivity contribution in [2.45, 2.75) is 0 Å². The van der Waals surface area contributed by atoms with Crippen LogP contribution >= 0.6 is 0 Å². The first-order valence-corrected chi connectivity index (χ1v) is 16.0. The molecule has 0 aliphatic heterocycles. The van der Waals surface area contributed by atoms with E-state index in [4.69, 9.17) is 19.4 Å². The van der Waals surface area contributed by atoms with Crippen molar-refractivity contribution in [1.29, 1.82) is 0 Å². The van der Waals surface area contributed by atoms with Gasteiger partial charge >= 0.3 is 0 Å². The van der Waals surface area contributed by atoms with E-state index in [-0.39, 0.29) is 0 Å². The van der Waals surface area contributed by atoms with Crippen molar-refractivity contribution >= 4 is 54.9 Å². The highest BCUT2D eigenvalue weighted by Crippen LogP contribution is 2.44. The van der Waals surface area contributed by atoms with Crippen molar-refractivity contribution in [2.24, 2.45) is 0 Å². The summed E-state index contributed by atoms with van der Waals surface area (Å²) in [5.74, 6) is 0. The van der Waals surface area contributed by atoms with E-state index >= 15 is 0 Å². The second-order valence-electron chi connectivity index (χ2n) is 12.0. The summed E-state index contributed by atoms with van der Waals surface area (Å²) in [6.07, 6.45) is 0. The summed E-state index contributed by atoms with van der Waals surface area (Å²) in [4.78, 5) is 15.6. The van der Waals surface area contributed by atoms with Crippen LogP contribution in [-0.2, 0) is 0 Å². The van der Waals surface area contributed by atoms with Gasteiger partial charge in [-0.25, -0.2) is 15.0 Å². The van der Waals surface area contributed by atoms with Crippen molar-refractivity contribution in [3.05, 3.63) is 158 Å². The van der Waals surface area contributed by atoms with Crippen LogP contribution < -0.4 is 0 Å². The van der Waals surface area contributed by atoms with Crippen LogP contribution in [0.4, 0.5) is 0 Å². The summed E-state index contributed by atoms with van der Waals surface area (Å²) < 4.78 is 8.91. The summed E-state index contributed by atoms with van der Waals surface area (Å²) in [5, 5.41) is 3.18. The van der Waals surface area contributed by atoms with Gasteiger partial charge in [0.15, 0.2) is 5.58 Å². The molecule has 10 aromatic rings. The Hall–Kier alpha value is -6.59. The van der Waals surface area contributed by atoms with Gasteiger partial charge in [0.25, 0.3) is 0 Å². The van der Waals surface area contributed by atoms with Gasteiger partial charge in [0, 0.05) is 33.2 Å².